The molecule has 1 rings (SSSR count). The molecule has 1 aromatic carbocycles. The van der Waals surface area contributed by atoms with Crippen molar-refractivity contribution in [1.82, 2.24) is 5.48 Å². The highest BCUT2D eigenvalue weighted by Gasteiger charge is 2.28. The van der Waals surface area contributed by atoms with E-state index in [1.54, 1.807) is 0 Å². The van der Waals surface area contributed by atoms with Crippen molar-refractivity contribution >= 4 is 21.6 Å². The summed E-state index contributed by atoms with van der Waals surface area (Å²) in [7, 11) is -3.76. The lowest BCUT2D eigenvalue weighted by Gasteiger charge is -2.12. The average Bonchev–Trinajstić information content (AvgIpc) is 2.28. The van der Waals surface area contributed by atoms with Crippen molar-refractivity contribution in [2.75, 3.05) is 17.6 Å². The normalized spacial score (nSPS) is 12.0. The van der Waals surface area contributed by atoms with E-state index >= 15 is 0 Å². The Hall–Kier alpha value is -1.88. The Bertz CT molecular complexity index is 630. The van der Waals surface area contributed by atoms with E-state index in [4.69, 9.17) is 0 Å². The zero-order valence-corrected chi connectivity index (χ0v) is 11.3. The number of alkyl halides is 3. The maximum absolute atomic E-state index is 13.1. The molecule has 1 aromatic rings. The Balaban J connectivity index is 2.89. The van der Waals surface area contributed by atoms with E-state index < -0.39 is 40.1 Å². The molecule has 0 fully saturated rings. The molecule has 0 saturated carbocycles. The van der Waals surface area contributed by atoms with Gasteiger partial charge in [0.1, 0.15) is 5.82 Å². The van der Waals surface area contributed by atoms with Gasteiger partial charge in [-0.15, -0.1) is 0 Å². The van der Waals surface area contributed by atoms with E-state index in [1.807, 2.05) is 4.72 Å². The van der Waals surface area contributed by atoms with Gasteiger partial charge in [-0.1, -0.05) is 0 Å². The van der Waals surface area contributed by atoms with Crippen molar-refractivity contribution in [1.29, 1.82) is 0 Å². The number of carbonyl (C=O) groups excluding carboxylic acids is 1. The quantitative estimate of drug-likeness (QED) is 0.632. The van der Waals surface area contributed by atoms with Gasteiger partial charge >= 0.3 is 6.18 Å². The summed E-state index contributed by atoms with van der Waals surface area (Å²) in [6, 6.07) is 2.48. The molecule has 6 nitrogen and oxygen atoms in total. The Morgan fingerprint density at radius 3 is 2.48 bits per heavy atom. The highest BCUT2D eigenvalue weighted by molar-refractivity contribution is 7.92. The largest absolute Gasteiger partial charge is 0.414 e. The van der Waals surface area contributed by atoms with Gasteiger partial charge in [0.15, 0.2) is 6.61 Å². The minimum atomic E-state index is -4.66. The summed E-state index contributed by atoms with van der Waals surface area (Å²) >= 11 is 0. The molecule has 0 bridgehead atoms. The van der Waals surface area contributed by atoms with Crippen LogP contribution in [0, 0.1) is 5.82 Å². The topological polar surface area (TPSA) is 84.5 Å². The van der Waals surface area contributed by atoms with Gasteiger partial charge in [0.2, 0.25) is 10.0 Å². The van der Waals surface area contributed by atoms with Crippen LogP contribution >= 0.6 is 0 Å². The zero-order chi connectivity index (χ0) is 16.3. The third-order valence-electron chi connectivity index (χ3n) is 1.92. The molecule has 0 aliphatic rings. The van der Waals surface area contributed by atoms with Gasteiger partial charge < -0.3 is 0 Å². The average molecular weight is 330 g/mol. The lowest BCUT2D eigenvalue weighted by molar-refractivity contribution is -0.184. The van der Waals surface area contributed by atoms with Crippen molar-refractivity contribution in [3.05, 3.63) is 29.6 Å². The third-order valence-corrected chi connectivity index (χ3v) is 2.51. The Kier molecular flexibility index (Phi) is 5.12. The molecule has 2 N–H and O–H groups in total. The fraction of sp³-hybridized carbons (Fsp3) is 0.300. The summed E-state index contributed by atoms with van der Waals surface area (Å²) in [5.41, 5.74) is 0.624. The fourth-order valence-corrected chi connectivity index (χ4v) is 1.81. The molecule has 21 heavy (non-hydrogen) atoms. The summed E-state index contributed by atoms with van der Waals surface area (Å²) in [4.78, 5) is 15.5. The fourth-order valence-electron chi connectivity index (χ4n) is 1.23. The smallest absolute Gasteiger partial charge is 0.283 e. The monoisotopic (exact) mass is 330 g/mol. The van der Waals surface area contributed by atoms with Crippen LogP contribution in [0.15, 0.2) is 18.2 Å². The summed E-state index contributed by atoms with van der Waals surface area (Å²) < 4.78 is 72.7. The van der Waals surface area contributed by atoms with Crippen LogP contribution in [0.3, 0.4) is 0 Å². The van der Waals surface area contributed by atoms with E-state index in [0.717, 1.165) is 18.4 Å². The van der Waals surface area contributed by atoms with Crippen LogP contribution in [0.1, 0.15) is 10.4 Å². The van der Waals surface area contributed by atoms with E-state index in [9.17, 15) is 30.8 Å². The highest BCUT2D eigenvalue weighted by Crippen LogP contribution is 2.19. The van der Waals surface area contributed by atoms with Gasteiger partial charge in [0.25, 0.3) is 5.91 Å². The van der Waals surface area contributed by atoms with Crippen molar-refractivity contribution < 1.29 is 35.6 Å². The third kappa shape index (κ3) is 6.40. The van der Waals surface area contributed by atoms with Crippen LogP contribution < -0.4 is 10.2 Å². The predicted molar refractivity (Wildman–Crippen MR) is 64.3 cm³/mol. The minimum Gasteiger partial charge on any atom is -0.283 e. The first-order valence-corrected chi connectivity index (χ1v) is 7.13. The summed E-state index contributed by atoms with van der Waals surface area (Å²) in [6.45, 7) is -1.75. The molecule has 1 amide bonds. The van der Waals surface area contributed by atoms with Crippen LogP contribution in [0.4, 0.5) is 23.2 Å². The lowest BCUT2D eigenvalue weighted by Crippen LogP contribution is -2.30. The van der Waals surface area contributed by atoms with Crippen molar-refractivity contribution in [3.63, 3.8) is 0 Å². The minimum absolute atomic E-state index is 0.299. The molecular weight excluding hydrogens is 320 g/mol. The summed E-state index contributed by atoms with van der Waals surface area (Å²) in [6.07, 6.45) is -3.87. The molecule has 0 atom stereocenters. The molecule has 0 aromatic heterocycles. The number of hydroxylamine groups is 1. The van der Waals surface area contributed by atoms with Crippen LogP contribution in [0.5, 0.6) is 0 Å². The Morgan fingerprint density at radius 2 is 1.95 bits per heavy atom. The number of sulfonamides is 1. The second-order valence-corrected chi connectivity index (χ2v) is 5.65. The Morgan fingerprint density at radius 1 is 1.33 bits per heavy atom. The standard InChI is InChI=1S/C10H10F4N2O4S/c1-21(18,19)16-8-3-2-6(11)4-7(8)9(17)15-20-5-10(12,13)14/h2-4,16H,5H2,1H3,(H,15,17). The van der Waals surface area contributed by atoms with Gasteiger partial charge in [-0.05, 0) is 18.2 Å². The Labute approximate surface area is 117 Å². The number of nitrogens with one attached hydrogen (secondary N) is 2. The van der Waals surface area contributed by atoms with Gasteiger partial charge in [-0.3, -0.25) is 14.4 Å². The van der Waals surface area contributed by atoms with Gasteiger partial charge in [0, 0.05) is 0 Å². The first-order chi connectivity index (χ1) is 9.48. The first kappa shape index (κ1) is 17.2. The molecule has 0 spiro atoms. The van der Waals surface area contributed by atoms with E-state index in [-0.39, 0.29) is 5.69 Å². The molecule has 0 radical (unpaired) electrons. The molecule has 0 saturated heterocycles. The van der Waals surface area contributed by atoms with E-state index in [0.29, 0.717) is 6.07 Å². The molecule has 0 aliphatic carbocycles. The highest BCUT2D eigenvalue weighted by atomic mass is 32.2. The molecule has 0 unspecified atom stereocenters. The number of rotatable bonds is 5. The molecule has 0 heterocycles. The summed E-state index contributed by atoms with van der Waals surface area (Å²) in [5, 5.41) is 0. The number of anilines is 1. The van der Waals surface area contributed by atoms with E-state index in [1.165, 1.54) is 5.48 Å². The first-order valence-electron chi connectivity index (χ1n) is 5.24. The van der Waals surface area contributed by atoms with Gasteiger partial charge in [0.05, 0.1) is 17.5 Å². The van der Waals surface area contributed by atoms with Gasteiger partial charge in [-0.25, -0.2) is 18.3 Å². The van der Waals surface area contributed by atoms with Crippen LogP contribution in [0.2, 0.25) is 0 Å². The van der Waals surface area contributed by atoms with Crippen molar-refractivity contribution in [2.45, 2.75) is 6.18 Å². The van der Waals surface area contributed by atoms with Crippen LogP contribution in [-0.4, -0.2) is 33.4 Å². The number of hydrogen-bond acceptors (Lipinski definition) is 4. The number of halogens is 4. The number of amides is 1. The predicted octanol–water partition coefficient (Wildman–Crippen LogP) is 1.42. The van der Waals surface area contributed by atoms with E-state index in [2.05, 4.69) is 4.84 Å². The molecular formula is C10H10F4N2O4S. The second kappa shape index (κ2) is 6.26. The van der Waals surface area contributed by atoms with Crippen molar-refractivity contribution in [3.8, 4) is 0 Å². The molecule has 11 heteroatoms. The number of carbonyl (C=O) groups is 1. The maximum Gasteiger partial charge on any atom is 0.414 e. The van der Waals surface area contributed by atoms with Crippen LogP contribution in [-0.2, 0) is 14.9 Å². The van der Waals surface area contributed by atoms with Crippen molar-refractivity contribution in [2.24, 2.45) is 0 Å². The van der Waals surface area contributed by atoms with Gasteiger partial charge in [-0.2, -0.15) is 13.2 Å². The number of hydrogen-bond donors (Lipinski definition) is 2. The maximum atomic E-state index is 13.1. The molecule has 0 aliphatic heterocycles. The lowest BCUT2D eigenvalue weighted by atomic mass is 10.1. The zero-order valence-electron chi connectivity index (χ0n) is 10.5. The number of benzene rings is 1. The summed E-state index contributed by atoms with van der Waals surface area (Å²) in [5.74, 6) is -2.11. The van der Waals surface area contributed by atoms with Crippen LogP contribution in [0.25, 0.3) is 0 Å². The molecule has 118 valence electrons. The second-order valence-electron chi connectivity index (χ2n) is 3.90. The SMILES string of the molecule is CS(=O)(=O)Nc1ccc(F)cc1C(=O)NOCC(F)(F)F.